The van der Waals surface area contributed by atoms with Crippen molar-refractivity contribution < 1.29 is 24.9 Å². The summed E-state index contributed by atoms with van der Waals surface area (Å²) < 4.78 is 0. The van der Waals surface area contributed by atoms with E-state index < -0.39 is 30.3 Å². The van der Waals surface area contributed by atoms with Crippen molar-refractivity contribution in [3.63, 3.8) is 0 Å². The second-order valence-corrected chi connectivity index (χ2v) is 3.12. The summed E-state index contributed by atoms with van der Waals surface area (Å²) in [6.07, 6.45) is -2.25. The van der Waals surface area contributed by atoms with Crippen LogP contribution in [0.25, 0.3) is 0 Å². The zero-order valence-corrected chi connectivity index (χ0v) is 7.04. The molecule has 1 aliphatic heterocycles. The normalized spacial score (nSPS) is 33.4. The monoisotopic (exact) mass is 189 g/mol. The number of carbonyl (C=O) groups is 2. The SMILES string of the molecule is C[C@@H]1CC(O)C(C(=O)O)N1C(=O)O. The molecule has 1 heterocycles. The molecule has 0 radical (unpaired) electrons. The van der Waals surface area contributed by atoms with Crippen molar-refractivity contribution in [3.8, 4) is 0 Å². The average molecular weight is 189 g/mol. The molecule has 0 aromatic carbocycles. The number of nitrogens with zero attached hydrogens (tertiary/aromatic N) is 1. The molecule has 6 heteroatoms. The molecule has 0 aliphatic carbocycles. The van der Waals surface area contributed by atoms with Gasteiger partial charge in [0.05, 0.1) is 6.10 Å². The number of amides is 1. The van der Waals surface area contributed by atoms with Crippen molar-refractivity contribution in [1.82, 2.24) is 4.90 Å². The minimum absolute atomic E-state index is 0.170. The molecule has 0 bridgehead atoms. The van der Waals surface area contributed by atoms with Crippen LogP contribution in [-0.4, -0.2) is 50.5 Å². The van der Waals surface area contributed by atoms with Gasteiger partial charge in [-0.25, -0.2) is 9.59 Å². The van der Waals surface area contributed by atoms with E-state index >= 15 is 0 Å². The Morgan fingerprint density at radius 1 is 1.38 bits per heavy atom. The van der Waals surface area contributed by atoms with Gasteiger partial charge >= 0.3 is 12.1 Å². The van der Waals surface area contributed by atoms with E-state index in [1.54, 1.807) is 6.92 Å². The van der Waals surface area contributed by atoms with Crippen LogP contribution in [0.3, 0.4) is 0 Å². The third kappa shape index (κ3) is 1.57. The predicted molar refractivity (Wildman–Crippen MR) is 41.4 cm³/mol. The number of aliphatic hydroxyl groups is 1. The lowest BCUT2D eigenvalue weighted by atomic mass is 10.1. The molecular formula is C7H11NO5. The van der Waals surface area contributed by atoms with Crippen molar-refractivity contribution in [2.45, 2.75) is 31.5 Å². The van der Waals surface area contributed by atoms with Gasteiger partial charge in [-0.15, -0.1) is 0 Å². The van der Waals surface area contributed by atoms with Gasteiger partial charge in [-0.3, -0.25) is 4.90 Å². The number of carboxylic acids is 1. The molecule has 1 fully saturated rings. The first-order valence-electron chi connectivity index (χ1n) is 3.87. The van der Waals surface area contributed by atoms with Crippen LogP contribution < -0.4 is 0 Å². The zero-order chi connectivity index (χ0) is 10.2. The molecule has 6 nitrogen and oxygen atoms in total. The van der Waals surface area contributed by atoms with Crippen LogP contribution in [0.5, 0.6) is 0 Å². The second kappa shape index (κ2) is 3.21. The van der Waals surface area contributed by atoms with Crippen LogP contribution in [0.4, 0.5) is 4.79 Å². The molecule has 13 heavy (non-hydrogen) atoms. The highest BCUT2D eigenvalue weighted by molar-refractivity contribution is 5.81. The lowest BCUT2D eigenvalue weighted by Crippen LogP contribution is -2.46. The summed E-state index contributed by atoms with van der Waals surface area (Å²) in [6.45, 7) is 1.57. The Balaban J connectivity index is 2.89. The van der Waals surface area contributed by atoms with Gasteiger partial charge in [0.25, 0.3) is 0 Å². The number of hydrogen-bond donors (Lipinski definition) is 3. The maximum absolute atomic E-state index is 10.6. The van der Waals surface area contributed by atoms with Crippen molar-refractivity contribution in [2.75, 3.05) is 0 Å². The molecule has 3 atom stereocenters. The summed E-state index contributed by atoms with van der Waals surface area (Å²) in [7, 11) is 0. The van der Waals surface area contributed by atoms with Crippen LogP contribution in [0.2, 0.25) is 0 Å². The number of hydrogen-bond acceptors (Lipinski definition) is 3. The van der Waals surface area contributed by atoms with Gasteiger partial charge in [-0.05, 0) is 13.3 Å². The highest BCUT2D eigenvalue weighted by Crippen LogP contribution is 2.24. The Labute approximate surface area is 74.4 Å². The van der Waals surface area contributed by atoms with Gasteiger partial charge in [-0.2, -0.15) is 0 Å². The minimum Gasteiger partial charge on any atom is -0.480 e. The van der Waals surface area contributed by atoms with E-state index in [2.05, 4.69) is 0 Å². The minimum atomic E-state index is -1.33. The quantitative estimate of drug-likeness (QED) is 0.520. The van der Waals surface area contributed by atoms with Crippen molar-refractivity contribution in [2.24, 2.45) is 0 Å². The summed E-state index contributed by atoms with van der Waals surface area (Å²) >= 11 is 0. The fraction of sp³-hybridized carbons (Fsp3) is 0.714. The molecule has 0 aromatic heterocycles. The molecule has 0 aromatic rings. The highest BCUT2D eigenvalue weighted by atomic mass is 16.4. The molecule has 1 saturated heterocycles. The standard InChI is InChI=1S/C7H11NO5/c1-3-2-4(9)5(6(10)11)8(3)7(12)13/h3-5,9H,2H2,1H3,(H,10,11)(H,12,13)/t3-,4?,5?/m1/s1. The maximum atomic E-state index is 10.6. The van der Waals surface area contributed by atoms with E-state index in [-0.39, 0.29) is 6.42 Å². The van der Waals surface area contributed by atoms with E-state index in [1.807, 2.05) is 0 Å². The molecule has 1 amide bonds. The fourth-order valence-electron chi connectivity index (χ4n) is 1.64. The van der Waals surface area contributed by atoms with Crippen molar-refractivity contribution in [1.29, 1.82) is 0 Å². The molecule has 1 rings (SSSR count). The fourth-order valence-corrected chi connectivity index (χ4v) is 1.64. The molecule has 3 N–H and O–H groups in total. The van der Waals surface area contributed by atoms with Gasteiger partial charge in [0.1, 0.15) is 0 Å². The third-order valence-electron chi connectivity index (χ3n) is 2.20. The largest absolute Gasteiger partial charge is 0.480 e. The van der Waals surface area contributed by atoms with Crippen molar-refractivity contribution >= 4 is 12.1 Å². The summed E-state index contributed by atoms with van der Waals surface area (Å²) in [5, 5.41) is 26.6. The summed E-state index contributed by atoms with van der Waals surface area (Å²) in [6, 6.07) is -1.78. The van der Waals surface area contributed by atoms with Crippen LogP contribution >= 0.6 is 0 Å². The molecule has 0 spiro atoms. The zero-order valence-electron chi connectivity index (χ0n) is 7.04. The number of aliphatic hydroxyl groups excluding tert-OH is 1. The molecule has 1 aliphatic rings. The first-order chi connectivity index (χ1) is 5.95. The number of carboxylic acid groups (broad SMARTS) is 2. The Kier molecular flexibility index (Phi) is 2.42. The first kappa shape index (κ1) is 9.79. The number of likely N-dealkylation sites (tertiary alicyclic amines) is 1. The van der Waals surface area contributed by atoms with Crippen LogP contribution in [0, 0.1) is 0 Å². The number of aliphatic carboxylic acids is 1. The van der Waals surface area contributed by atoms with E-state index in [0.717, 1.165) is 4.90 Å². The van der Waals surface area contributed by atoms with Gasteiger partial charge in [0.15, 0.2) is 6.04 Å². The summed E-state index contributed by atoms with van der Waals surface area (Å²) in [5.41, 5.74) is 0. The lowest BCUT2D eigenvalue weighted by Gasteiger charge is -2.22. The van der Waals surface area contributed by atoms with Crippen molar-refractivity contribution in [3.05, 3.63) is 0 Å². The van der Waals surface area contributed by atoms with Crippen LogP contribution in [-0.2, 0) is 4.79 Å². The topological polar surface area (TPSA) is 98.1 Å². The van der Waals surface area contributed by atoms with E-state index in [1.165, 1.54) is 0 Å². The lowest BCUT2D eigenvalue weighted by molar-refractivity contribution is -0.144. The second-order valence-electron chi connectivity index (χ2n) is 3.12. The summed E-state index contributed by atoms with van der Waals surface area (Å²) in [5.74, 6) is -1.31. The van der Waals surface area contributed by atoms with Gasteiger partial charge < -0.3 is 15.3 Å². The van der Waals surface area contributed by atoms with Gasteiger partial charge in [0.2, 0.25) is 0 Å². The highest BCUT2D eigenvalue weighted by Gasteiger charge is 2.45. The van der Waals surface area contributed by atoms with Crippen LogP contribution in [0.1, 0.15) is 13.3 Å². The van der Waals surface area contributed by atoms with Crippen LogP contribution in [0.15, 0.2) is 0 Å². The molecule has 0 saturated carbocycles. The van der Waals surface area contributed by atoms with Gasteiger partial charge in [0, 0.05) is 6.04 Å². The first-order valence-corrected chi connectivity index (χ1v) is 3.87. The molecule has 2 unspecified atom stereocenters. The third-order valence-corrected chi connectivity index (χ3v) is 2.20. The average Bonchev–Trinajstić information content (AvgIpc) is 2.24. The van der Waals surface area contributed by atoms with E-state index in [9.17, 15) is 14.7 Å². The maximum Gasteiger partial charge on any atom is 0.408 e. The summed E-state index contributed by atoms with van der Waals surface area (Å²) in [4.78, 5) is 22.0. The Bertz CT molecular complexity index is 217. The number of rotatable bonds is 1. The Morgan fingerprint density at radius 3 is 2.23 bits per heavy atom. The van der Waals surface area contributed by atoms with Gasteiger partial charge in [-0.1, -0.05) is 0 Å². The van der Waals surface area contributed by atoms with E-state index in [4.69, 9.17) is 10.2 Å². The Morgan fingerprint density at radius 2 is 1.92 bits per heavy atom. The Hall–Kier alpha value is -1.30. The van der Waals surface area contributed by atoms with E-state index in [0.29, 0.717) is 0 Å². The molecule has 74 valence electrons. The smallest absolute Gasteiger partial charge is 0.408 e. The molecular weight excluding hydrogens is 178 g/mol. The predicted octanol–water partition coefficient (Wildman–Crippen LogP) is -0.427.